The van der Waals surface area contributed by atoms with Crippen LogP contribution in [0.4, 0.5) is 11.4 Å². The second-order valence-corrected chi connectivity index (χ2v) is 7.50. The van der Waals surface area contributed by atoms with Gasteiger partial charge < -0.3 is 20.6 Å². The molecule has 2 aromatic rings. The first kappa shape index (κ1) is 17.9. The maximum absolute atomic E-state index is 12.3. The van der Waals surface area contributed by atoms with Gasteiger partial charge in [-0.05, 0) is 44.8 Å². The predicted octanol–water partition coefficient (Wildman–Crippen LogP) is 1.17. The van der Waals surface area contributed by atoms with Crippen LogP contribution in [0.15, 0.2) is 24.7 Å². The molecule has 0 bridgehead atoms. The van der Waals surface area contributed by atoms with E-state index in [0.29, 0.717) is 23.2 Å². The van der Waals surface area contributed by atoms with Crippen LogP contribution < -0.4 is 10.6 Å². The molecule has 2 unspecified atom stereocenters. The van der Waals surface area contributed by atoms with Crippen LogP contribution in [0.1, 0.15) is 28.5 Å². The highest BCUT2D eigenvalue weighted by Crippen LogP contribution is 2.54. The average molecular weight is 370 g/mol. The molecule has 1 saturated carbocycles. The largest absolute Gasteiger partial charge is 0.395 e. The molecule has 27 heavy (non-hydrogen) atoms. The van der Waals surface area contributed by atoms with E-state index in [4.69, 9.17) is 10.2 Å². The number of hydrogen-bond acceptors (Lipinski definition) is 6. The fourth-order valence-electron chi connectivity index (χ4n) is 4.12. The highest BCUT2D eigenvalue weighted by molar-refractivity contribution is 6.00. The first-order valence-corrected chi connectivity index (χ1v) is 9.43. The number of carbonyl (C=O) groups excluding carboxylic acids is 1. The number of amides is 1. The molecule has 3 N–H and O–H groups in total. The number of fused-ring (bicyclic) bond motifs is 1. The van der Waals surface area contributed by atoms with Crippen LogP contribution >= 0.6 is 0 Å². The van der Waals surface area contributed by atoms with E-state index < -0.39 is 0 Å². The first-order valence-electron chi connectivity index (χ1n) is 9.43. The van der Waals surface area contributed by atoms with Gasteiger partial charge in [-0.2, -0.15) is 5.10 Å². The van der Waals surface area contributed by atoms with Crippen LogP contribution in [0.3, 0.4) is 0 Å². The lowest BCUT2D eigenvalue weighted by Gasteiger charge is -2.19. The molecule has 0 spiro atoms. The summed E-state index contributed by atoms with van der Waals surface area (Å²) in [7, 11) is 2.18. The number of pyridine rings is 1. The Hall–Kier alpha value is -2.45. The van der Waals surface area contributed by atoms with Crippen molar-refractivity contribution in [3.8, 4) is 0 Å². The Labute approximate surface area is 158 Å². The van der Waals surface area contributed by atoms with Crippen LogP contribution in [-0.2, 0) is 0 Å². The third-order valence-electron chi connectivity index (χ3n) is 5.61. The number of aliphatic hydroxyl groups excluding tert-OH is 1. The van der Waals surface area contributed by atoms with Crippen molar-refractivity contribution in [2.45, 2.75) is 19.4 Å². The maximum atomic E-state index is 12.3. The minimum Gasteiger partial charge on any atom is -0.395 e. The van der Waals surface area contributed by atoms with Crippen molar-refractivity contribution in [1.29, 1.82) is 0 Å². The fourth-order valence-corrected chi connectivity index (χ4v) is 4.12. The summed E-state index contributed by atoms with van der Waals surface area (Å²) in [6.45, 7) is 4.39. The van der Waals surface area contributed by atoms with Crippen LogP contribution in [0.5, 0.6) is 0 Å². The molecule has 2 aromatic heterocycles. The van der Waals surface area contributed by atoms with Crippen LogP contribution in [0.25, 0.3) is 0 Å². The van der Waals surface area contributed by atoms with Crippen molar-refractivity contribution in [2.75, 3.05) is 38.6 Å². The number of anilines is 2. The van der Waals surface area contributed by atoms with E-state index in [9.17, 15) is 4.79 Å². The molecule has 1 aliphatic carbocycles. The molecule has 2 fully saturated rings. The number of hydrogen-bond donors (Lipinski definition) is 3. The Morgan fingerprint density at radius 1 is 1.37 bits per heavy atom. The van der Waals surface area contributed by atoms with E-state index in [1.54, 1.807) is 18.5 Å². The Balaban J connectivity index is 1.51. The van der Waals surface area contributed by atoms with Crippen molar-refractivity contribution < 1.29 is 9.90 Å². The SMILES string of the molecule is Cc1nn([C@H]2C3CCN(C)CC32)cc1Nc1cnccc1C(=O)NCCO. The lowest BCUT2D eigenvalue weighted by Crippen LogP contribution is -2.27. The summed E-state index contributed by atoms with van der Waals surface area (Å²) in [6.07, 6.45) is 6.49. The molecule has 3 atom stereocenters. The third-order valence-corrected chi connectivity index (χ3v) is 5.61. The third kappa shape index (κ3) is 3.54. The second-order valence-electron chi connectivity index (χ2n) is 7.50. The van der Waals surface area contributed by atoms with Gasteiger partial charge in [-0.25, -0.2) is 0 Å². The summed E-state index contributed by atoms with van der Waals surface area (Å²) in [4.78, 5) is 18.8. The van der Waals surface area contributed by atoms with E-state index in [0.717, 1.165) is 30.4 Å². The van der Waals surface area contributed by atoms with Gasteiger partial charge in [0.2, 0.25) is 0 Å². The van der Waals surface area contributed by atoms with Gasteiger partial charge in [0.05, 0.1) is 41.5 Å². The summed E-state index contributed by atoms with van der Waals surface area (Å²) >= 11 is 0. The van der Waals surface area contributed by atoms with E-state index >= 15 is 0 Å². The van der Waals surface area contributed by atoms with Gasteiger partial charge in [-0.3, -0.25) is 14.5 Å². The molecule has 4 rings (SSSR count). The van der Waals surface area contributed by atoms with Gasteiger partial charge in [0, 0.05) is 25.5 Å². The predicted molar refractivity (Wildman–Crippen MR) is 102 cm³/mol. The summed E-state index contributed by atoms with van der Waals surface area (Å²) in [5.41, 5.74) is 2.91. The molecule has 3 heterocycles. The van der Waals surface area contributed by atoms with Gasteiger partial charge in [0.25, 0.3) is 5.91 Å². The number of aromatic nitrogens is 3. The minimum atomic E-state index is -0.241. The molecule has 2 aliphatic rings. The normalized spacial score (nSPS) is 24.3. The van der Waals surface area contributed by atoms with Crippen LogP contribution in [-0.4, -0.2) is 64.0 Å². The Bertz CT molecular complexity index is 835. The molecule has 144 valence electrons. The molecular formula is C19H26N6O2. The standard InChI is InChI=1S/C19H26N6O2/c1-12-17(11-25(23-12)18-13-4-7-24(2)10-15(13)18)22-16-9-20-5-3-14(16)19(27)21-6-8-26/h3,5,9,11,13,15,18,22,26H,4,6-8,10H2,1-2H3,(H,21,27)/t13?,15?,18-/m0/s1. The molecule has 0 radical (unpaired) electrons. The molecule has 8 heteroatoms. The van der Waals surface area contributed by atoms with Crippen molar-refractivity contribution in [1.82, 2.24) is 25.0 Å². The van der Waals surface area contributed by atoms with Crippen LogP contribution in [0, 0.1) is 18.8 Å². The first-order chi connectivity index (χ1) is 13.1. The summed E-state index contributed by atoms with van der Waals surface area (Å²) in [5.74, 6) is 1.18. The number of rotatable bonds is 6. The van der Waals surface area contributed by atoms with E-state index in [1.165, 1.54) is 6.42 Å². The number of likely N-dealkylation sites (tertiary alicyclic amines) is 1. The maximum Gasteiger partial charge on any atom is 0.253 e. The van der Waals surface area contributed by atoms with Gasteiger partial charge in [-0.15, -0.1) is 0 Å². The summed E-state index contributed by atoms with van der Waals surface area (Å²) < 4.78 is 2.09. The van der Waals surface area contributed by atoms with E-state index in [-0.39, 0.29) is 19.1 Å². The topological polar surface area (TPSA) is 95.3 Å². The van der Waals surface area contributed by atoms with E-state index in [2.05, 4.69) is 32.2 Å². The number of nitrogens with one attached hydrogen (secondary N) is 2. The van der Waals surface area contributed by atoms with Gasteiger partial charge in [0.1, 0.15) is 0 Å². The zero-order valence-electron chi connectivity index (χ0n) is 15.7. The summed E-state index contributed by atoms with van der Waals surface area (Å²) in [5, 5.41) is 19.6. The Morgan fingerprint density at radius 3 is 3.00 bits per heavy atom. The lowest BCUT2D eigenvalue weighted by molar-refractivity contribution is 0.0945. The Morgan fingerprint density at radius 2 is 2.22 bits per heavy atom. The number of aliphatic hydroxyl groups is 1. The van der Waals surface area contributed by atoms with Gasteiger partial charge >= 0.3 is 0 Å². The molecule has 8 nitrogen and oxygen atoms in total. The van der Waals surface area contributed by atoms with Crippen molar-refractivity contribution in [3.63, 3.8) is 0 Å². The number of piperidine rings is 1. The Kier molecular flexibility index (Phi) is 4.84. The molecule has 0 aromatic carbocycles. The quantitative estimate of drug-likeness (QED) is 0.707. The van der Waals surface area contributed by atoms with Crippen LogP contribution in [0.2, 0.25) is 0 Å². The lowest BCUT2D eigenvalue weighted by atomic mass is 10.1. The zero-order chi connectivity index (χ0) is 19.0. The van der Waals surface area contributed by atoms with Crippen molar-refractivity contribution in [3.05, 3.63) is 35.9 Å². The number of carbonyl (C=O) groups is 1. The van der Waals surface area contributed by atoms with E-state index in [1.807, 2.05) is 13.1 Å². The number of aryl methyl sites for hydroxylation is 1. The molecule has 1 aliphatic heterocycles. The highest BCUT2D eigenvalue weighted by Gasteiger charge is 2.53. The number of nitrogens with zero attached hydrogens (tertiary/aromatic N) is 4. The van der Waals surface area contributed by atoms with Crippen molar-refractivity contribution in [2.24, 2.45) is 11.8 Å². The van der Waals surface area contributed by atoms with Gasteiger partial charge in [0.15, 0.2) is 0 Å². The second kappa shape index (κ2) is 7.28. The fraction of sp³-hybridized carbons (Fsp3) is 0.526. The monoisotopic (exact) mass is 370 g/mol. The molecule has 1 amide bonds. The average Bonchev–Trinajstić information content (AvgIpc) is 3.26. The smallest absolute Gasteiger partial charge is 0.253 e. The highest BCUT2D eigenvalue weighted by atomic mass is 16.3. The van der Waals surface area contributed by atoms with Crippen molar-refractivity contribution >= 4 is 17.3 Å². The zero-order valence-corrected chi connectivity index (χ0v) is 15.7. The minimum absolute atomic E-state index is 0.0929. The van der Waals surface area contributed by atoms with Gasteiger partial charge in [-0.1, -0.05) is 0 Å². The summed E-state index contributed by atoms with van der Waals surface area (Å²) in [6, 6.07) is 2.14. The molecular weight excluding hydrogens is 344 g/mol. The molecule has 1 saturated heterocycles.